The van der Waals surface area contributed by atoms with Gasteiger partial charge in [-0.3, -0.25) is 4.79 Å². The Hall–Kier alpha value is -1.55. The van der Waals surface area contributed by atoms with E-state index in [1.54, 1.807) is 0 Å². The highest BCUT2D eigenvalue weighted by Crippen LogP contribution is 2.32. The summed E-state index contributed by atoms with van der Waals surface area (Å²) in [5.41, 5.74) is 1.25. The summed E-state index contributed by atoms with van der Waals surface area (Å²) in [6.45, 7) is 4.76. The minimum atomic E-state index is 0.0715. The summed E-state index contributed by atoms with van der Waals surface area (Å²) in [6.07, 6.45) is 1.97. The molecular weight excluding hydrogens is 240 g/mol. The van der Waals surface area contributed by atoms with Crippen molar-refractivity contribution in [1.82, 2.24) is 10.6 Å². The molecule has 0 bridgehead atoms. The van der Waals surface area contributed by atoms with Crippen molar-refractivity contribution in [3.8, 4) is 5.75 Å². The summed E-state index contributed by atoms with van der Waals surface area (Å²) in [5.74, 6) is 1.49. The van der Waals surface area contributed by atoms with Crippen molar-refractivity contribution in [2.45, 2.75) is 25.7 Å². The first-order valence-electron chi connectivity index (χ1n) is 7.00. The van der Waals surface area contributed by atoms with Gasteiger partial charge < -0.3 is 15.4 Å². The summed E-state index contributed by atoms with van der Waals surface area (Å²) in [7, 11) is 0. The van der Waals surface area contributed by atoms with Crippen LogP contribution in [0.2, 0.25) is 0 Å². The summed E-state index contributed by atoms with van der Waals surface area (Å²) in [6, 6.07) is 8.15. The summed E-state index contributed by atoms with van der Waals surface area (Å²) in [5, 5.41) is 6.10. The molecule has 1 amide bonds. The van der Waals surface area contributed by atoms with E-state index >= 15 is 0 Å². The molecule has 2 rings (SSSR count). The summed E-state index contributed by atoms with van der Waals surface area (Å²) in [4.78, 5) is 11.5. The van der Waals surface area contributed by atoms with E-state index in [1.807, 2.05) is 25.1 Å². The predicted octanol–water partition coefficient (Wildman–Crippen LogP) is 1.67. The molecule has 0 saturated carbocycles. The number of hydrogen-bond donors (Lipinski definition) is 2. The van der Waals surface area contributed by atoms with Crippen molar-refractivity contribution in [3.63, 3.8) is 0 Å². The number of rotatable bonds is 6. The van der Waals surface area contributed by atoms with Gasteiger partial charge in [0, 0.05) is 19.0 Å². The van der Waals surface area contributed by atoms with Gasteiger partial charge in [-0.25, -0.2) is 0 Å². The molecule has 104 valence electrons. The van der Waals surface area contributed by atoms with Gasteiger partial charge in [0.1, 0.15) is 5.75 Å². The monoisotopic (exact) mass is 262 g/mol. The second kappa shape index (κ2) is 7.14. The Morgan fingerprint density at radius 3 is 3.11 bits per heavy atom. The van der Waals surface area contributed by atoms with Crippen LogP contribution in [-0.2, 0) is 4.79 Å². The van der Waals surface area contributed by atoms with Crippen molar-refractivity contribution in [1.29, 1.82) is 0 Å². The standard InChI is InChI=1S/C15H22N2O2/c1-2-8-17-15(18)11-16-10-12-7-9-19-14-6-4-3-5-13(12)14/h3-6,12,16H,2,7-11H2,1H3,(H,17,18). The highest BCUT2D eigenvalue weighted by atomic mass is 16.5. The van der Waals surface area contributed by atoms with Gasteiger partial charge in [0.25, 0.3) is 0 Å². The van der Waals surface area contributed by atoms with E-state index in [-0.39, 0.29) is 5.91 Å². The average Bonchev–Trinajstić information content (AvgIpc) is 2.45. The third kappa shape index (κ3) is 3.96. The number of fused-ring (bicyclic) bond motifs is 1. The lowest BCUT2D eigenvalue weighted by molar-refractivity contribution is -0.120. The van der Waals surface area contributed by atoms with Crippen LogP contribution in [0.15, 0.2) is 24.3 Å². The lowest BCUT2D eigenvalue weighted by atomic mass is 9.93. The van der Waals surface area contributed by atoms with Crippen molar-refractivity contribution in [2.24, 2.45) is 0 Å². The van der Waals surface area contributed by atoms with E-state index in [0.717, 1.165) is 38.3 Å². The fraction of sp³-hybridized carbons (Fsp3) is 0.533. The normalized spacial score (nSPS) is 17.4. The molecule has 1 aromatic rings. The van der Waals surface area contributed by atoms with Gasteiger partial charge in [-0.1, -0.05) is 25.1 Å². The van der Waals surface area contributed by atoms with Gasteiger partial charge in [-0.15, -0.1) is 0 Å². The van der Waals surface area contributed by atoms with E-state index in [1.165, 1.54) is 5.56 Å². The Bertz CT molecular complexity index is 420. The number of carbonyl (C=O) groups excluding carboxylic acids is 1. The zero-order valence-corrected chi connectivity index (χ0v) is 11.4. The Balaban J connectivity index is 1.80. The van der Waals surface area contributed by atoms with Gasteiger partial charge in [-0.05, 0) is 24.5 Å². The number of ether oxygens (including phenoxy) is 1. The molecule has 4 heteroatoms. The fourth-order valence-corrected chi connectivity index (χ4v) is 2.31. The smallest absolute Gasteiger partial charge is 0.233 e. The molecule has 1 atom stereocenters. The minimum absolute atomic E-state index is 0.0715. The molecule has 0 aliphatic carbocycles. The molecule has 0 fully saturated rings. The van der Waals surface area contributed by atoms with Gasteiger partial charge in [0.2, 0.25) is 5.91 Å². The Kier molecular flexibility index (Phi) is 5.21. The minimum Gasteiger partial charge on any atom is -0.493 e. The Labute approximate surface area is 114 Å². The van der Waals surface area contributed by atoms with Crippen LogP contribution in [0, 0.1) is 0 Å². The predicted molar refractivity (Wildman–Crippen MR) is 75.5 cm³/mol. The maximum Gasteiger partial charge on any atom is 0.233 e. The van der Waals surface area contributed by atoms with Crippen LogP contribution in [0.1, 0.15) is 31.2 Å². The van der Waals surface area contributed by atoms with Crippen LogP contribution >= 0.6 is 0 Å². The molecular formula is C15H22N2O2. The molecule has 2 N–H and O–H groups in total. The van der Waals surface area contributed by atoms with Crippen LogP contribution in [0.4, 0.5) is 0 Å². The molecule has 0 aromatic heterocycles. The van der Waals surface area contributed by atoms with Crippen molar-refractivity contribution < 1.29 is 9.53 Å². The highest BCUT2D eigenvalue weighted by Gasteiger charge is 2.20. The largest absolute Gasteiger partial charge is 0.493 e. The lowest BCUT2D eigenvalue weighted by Crippen LogP contribution is -2.36. The first-order chi connectivity index (χ1) is 9.31. The molecule has 0 radical (unpaired) electrons. The van der Waals surface area contributed by atoms with Gasteiger partial charge in [-0.2, -0.15) is 0 Å². The molecule has 1 aromatic carbocycles. The molecule has 19 heavy (non-hydrogen) atoms. The lowest BCUT2D eigenvalue weighted by Gasteiger charge is -2.26. The quantitative estimate of drug-likeness (QED) is 0.820. The van der Waals surface area contributed by atoms with E-state index in [0.29, 0.717) is 12.5 Å². The fourth-order valence-electron chi connectivity index (χ4n) is 2.31. The molecule has 1 aliphatic heterocycles. The number of amides is 1. The van der Waals surface area contributed by atoms with Gasteiger partial charge >= 0.3 is 0 Å². The van der Waals surface area contributed by atoms with Gasteiger partial charge in [0.15, 0.2) is 0 Å². The Morgan fingerprint density at radius 2 is 2.26 bits per heavy atom. The first-order valence-corrected chi connectivity index (χ1v) is 7.00. The van der Waals surface area contributed by atoms with E-state index in [9.17, 15) is 4.79 Å². The summed E-state index contributed by atoms with van der Waals surface area (Å²) < 4.78 is 5.63. The molecule has 4 nitrogen and oxygen atoms in total. The molecule has 1 heterocycles. The van der Waals surface area contributed by atoms with Crippen molar-refractivity contribution in [3.05, 3.63) is 29.8 Å². The molecule has 1 aliphatic rings. The first kappa shape index (κ1) is 13.9. The second-order valence-corrected chi connectivity index (χ2v) is 4.85. The molecule has 1 unspecified atom stereocenters. The topological polar surface area (TPSA) is 50.4 Å². The second-order valence-electron chi connectivity index (χ2n) is 4.85. The van der Waals surface area contributed by atoms with Gasteiger partial charge in [0.05, 0.1) is 13.2 Å². The number of hydrogen-bond acceptors (Lipinski definition) is 3. The van der Waals surface area contributed by atoms with Crippen LogP contribution in [0.3, 0.4) is 0 Å². The summed E-state index contributed by atoms with van der Waals surface area (Å²) >= 11 is 0. The van der Waals surface area contributed by atoms with Crippen LogP contribution in [0.25, 0.3) is 0 Å². The maximum atomic E-state index is 11.5. The number of carbonyl (C=O) groups is 1. The average molecular weight is 262 g/mol. The van der Waals surface area contributed by atoms with Crippen molar-refractivity contribution >= 4 is 5.91 Å². The third-order valence-corrected chi connectivity index (χ3v) is 3.33. The van der Waals surface area contributed by atoms with E-state index < -0.39 is 0 Å². The third-order valence-electron chi connectivity index (χ3n) is 3.33. The van der Waals surface area contributed by atoms with Crippen LogP contribution < -0.4 is 15.4 Å². The van der Waals surface area contributed by atoms with Crippen LogP contribution in [-0.4, -0.2) is 32.1 Å². The number of para-hydroxylation sites is 1. The highest BCUT2D eigenvalue weighted by molar-refractivity contribution is 5.77. The number of benzene rings is 1. The maximum absolute atomic E-state index is 11.5. The van der Waals surface area contributed by atoms with Crippen LogP contribution in [0.5, 0.6) is 5.75 Å². The SMILES string of the molecule is CCCNC(=O)CNCC1CCOc2ccccc21. The zero-order valence-electron chi connectivity index (χ0n) is 11.4. The molecule has 0 saturated heterocycles. The number of nitrogens with one attached hydrogen (secondary N) is 2. The molecule has 0 spiro atoms. The Morgan fingerprint density at radius 1 is 1.42 bits per heavy atom. The zero-order chi connectivity index (χ0) is 13.5. The van der Waals surface area contributed by atoms with E-state index in [4.69, 9.17) is 4.74 Å². The van der Waals surface area contributed by atoms with E-state index in [2.05, 4.69) is 16.7 Å². The van der Waals surface area contributed by atoms with Crippen molar-refractivity contribution in [2.75, 3.05) is 26.2 Å².